The summed E-state index contributed by atoms with van der Waals surface area (Å²) in [6.07, 6.45) is -0.656. The lowest BCUT2D eigenvalue weighted by Gasteiger charge is -2.22. The van der Waals surface area contributed by atoms with Crippen LogP contribution >= 0.6 is 0 Å². The Morgan fingerprint density at radius 2 is 1.69 bits per heavy atom. The molecular weight excluding hydrogens is 372 g/mol. The summed E-state index contributed by atoms with van der Waals surface area (Å²) >= 11 is 0. The van der Waals surface area contributed by atoms with E-state index >= 15 is 0 Å². The fourth-order valence-electron chi connectivity index (χ4n) is 2.47. The van der Waals surface area contributed by atoms with Crippen LogP contribution in [-0.2, 0) is 9.53 Å². The number of anilines is 1. The lowest BCUT2D eigenvalue weighted by molar-refractivity contribution is -0.117. The maximum atomic E-state index is 12.5. The Hall–Kier alpha value is -3.22. The molecule has 0 saturated carbocycles. The highest BCUT2D eigenvalue weighted by Gasteiger charge is 2.21. The summed E-state index contributed by atoms with van der Waals surface area (Å²) in [6.45, 7) is 8.78. The summed E-state index contributed by atoms with van der Waals surface area (Å²) in [4.78, 5) is 24.4. The number of carbonyl (C=O) groups excluding carboxylic acids is 2. The van der Waals surface area contributed by atoms with Crippen LogP contribution in [0, 0.1) is 6.92 Å². The maximum Gasteiger partial charge on any atom is 0.408 e. The summed E-state index contributed by atoms with van der Waals surface area (Å²) in [5, 5.41) is 5.29. The van der Waals surface area contributed by atoms with Crippen molar-refractivity contribution in [1.82, 2.24) is 5.32 Å². The van der Waals surface area contributed by atoms with E-state index in [-0.39, 0.29) is 0 Å². The molecule has 0 saturated heterocycles. The summed E-state index contributed by atoms with van der Waals surface area (Å²) < 4.78 is 16.4. The van der Waals surface area contributed by atoms with E-state index in [9.17, 15) is 9.59 Å². The lowest BCUT2D eigenvalue weighted by Crippen LogP contribution is -2.44. The van der Waals surface area contributed by atoms with Gasteiger partial charge in [-0.15, -0.1) is 0 Å². The number of aryl methyl sites for hydroxylation is 1. The van der Waals surface area contributed by atoms with Crippen LogP contribution in [0.5, 0.6) is 17.2 Å². The molecule has 7 heteroatoms. The average molecular weight is 400 g/mol. The maximum absolute atomic E-state index is 12.5. The number of carbonyl (C=O) groups is 2. The predicted molar refractivity (Wildman–Crippen MR) is 112 cm³/mol. The van der Waals surface area contributed by atoms with Gasteiger partial charge in [0.05, 0.1) is 12.8 Å². The van der Waals surface area contributed by atoms with Crippen molar-refractivity contribution in [3.8, 4) is 17.2 Å². The summed E-state index contributed by atoms with van der Waals surface area (Å²) in [5.74, 6) is 1.34. The molecule has 0 aromatic heterocycles. The second kappa shape index (κ2) is 9.32. The number of hydrogen-bond acceptors (Lipinski definition) is 5. The van der Waals surface area contributed by atoms with Gasteiger partial charge in [-0.25, -0.2) is 4.79 Å². The van der Waals surface area contributed by atoms with Gasteiger partial charge in [0, 0.05) is 6.07 Å². The van der Waals surface area contributed by atoms with Crippen molar-refractivity contribution in [3.05, 3.63) is 48.0 Å². The van der Waals surface area contributed by atoms with Gasteiger partial charge in [0.1, 0.15) is 23.1 Å². The van der Waals surface area contributed by atoms with Crippen LogP contribution in [0.4, 0.5) is 10.5 Å². The molecule has 0 aliphatic heterocycles. The molecule has 2 aromatic carbocycles. The molecule has 0 aliphatic rings. The van der Waals surface area contributed by atoms with Crippen LogP contribution in [0.2, 0.25) is 0 Å². The molecule has 2 aromatic rings. The Kier molecular flexibility index (Phi) is 7.09. The third-order valence-electron chi connectivity index (χ3n) is 3.76. The van der Waals surface area contributed by atoms with Gasteiger partial charge in [-0.3, -0.25) is 4.79 Å². The smallest absolute Gasteiger partial charge is 0.408 e. The van der Waals surface area contributed by atoms with Crippen molar-refractivity contribution in [2.24, 2.45) is 0 Å². The highest BCUT2D eigenvalue weighted by molar-refractivity contribution is 5.97. The quantitative estimate of drug-likeness (QED) is 0.737. The SMILES string of the molecule is COc1cc(C)cc(Oc2ccccc2NC(=O)[C@@H](C)NC(=O)OC(C)(C)C)c1. The Morgan fingerprint density at radius 1 is 1.03 bits per heavy atom. The van der Waals surface area contributed by atoms with E-state index in [2.05, 4.69) is 10.6 Å². The minimum absolute atomic E-state index is 0.395. The predicted octanol–water partition coefficient (Wildman–Crippen LogP) is 4.65. The molecule has 29 heavy (non-hydrogen) atoms. The molecule has 2 rings (SSSR count). The summed E-state index contributed by atoms with van der Waals surface area (Å²) in [7, 11) is 1.59. The van der Waals surface area contributed by atoms with E-state index in [0.717, 1.165) is 5.56 Å². The van der Waals surface area contributed by atoms with Crippen LogP contribution in [0.15, 0.2) is 42.5 Å². The van der Waals surface area contributed by atoms with Crippen molar-refractivity contribution in [1.29, 1.82) is 0 Å². The van der Waals surface area contributed by atoms with Crippen LogP contribution in [0.1, 0.15) is 33.3 Å². The van der Waals surface area contributed by atoms with Gasteiger partial charge in [-0.2, -0.15) is 0 Å². The van der Waals surface area contributed by atoms with Gasteiger partial charge in [-0.05, 0) is 64.4 Å². The standard InChI is InChI=1S/C22H28N2O5/c1-14-11-16(27-6)13-17(12-14)28-19-10-8-7-9-18(19)24-20(25)15(2)23-21(26)29-22(3,4)5/h7-13,15H,1-6H3,(H,23,26)(H,24,25)/t15-/m1/s1. The highest BCUT2D eigenvalue weighted by Crippen LogP contribution is 2.32. The van der Waals surface area contributed by atoms with Crippen molar-refractivity contribution < 1.29 is 23.8 Å². The molecule has 2 amide bonds. The van der Waals surface area contributed by atoms with Gasteiger partial charge in [-0.1, -0.05) is 12.1 Å². The molecule has 0 spiro atoms. The van der Waals surface area contributed by atoms with Crippen LogP contribution < -0.4 is 20.1 Å². The molecule has 156 valence electrons. The number of hydrogen-bond donors (Lipinski definition) is 2. The monoisotopic (exact) mass is 400 g/mol. The molecule has 2 N–H and O–H groups in total. The van der Waals surface area contributed by atoms with Crippen LogP contribution in [0.3, 0.4) is 0 Å². The molecule has 0 bridgehead atoms. The Balaban J connectivity index is 2.09. The van der Waals surface area contributed by atoms with Crippen LogP contribution in [0.25, 0.3) is 0 Å². The largest absolute Gasteiger partial charge is 0.497 e. The number of ether oxygens (including phenoxy) is 3. The number of methoxy groups -OCH3 is 1. The number of amides is 2. The molecular formula is C22H28N2O5. The molecule has 0 heterocycles. The van der Waals surface area contributed by atoms with Crippen molar-refractivity contribution >= 4 is 17.7 Å². The number of alkyl carbamates (subject to hydrolysis) is 1. The van der Waals surface area contributed by atoms with E-state index < -0.39 is 23.6 Å². The normalized spacial score (nSPS) is 11.9. The van der Waals surface area contributed by atoms with Crippen molar-refractivity contribution in [3.63, 3.8) is 0 Å². The van der Waals surface area contributed by atoms with Gasteiger partial charge < -0.3 is 24.8 Å². The van der Waals surface area contributed by atoms with Gasteiger partial charge in [0.2, 0.25) is 5.91 Å². The van der Waals surface area contributed by atoms with E-state index in [1.54, 1.807) is 65.1 Å². The Labute approximate surface area is 171 Å². The minimum atomic E-state index is -0.794. The first-order chi connectivity index (χ1) is 13.6. The second-order valence-corrected chi connectivity index (χ2v) is 7.64. The third-order valence-corrected chi connectivity index (χ3v) is 3.76. The fraction of sp³-hybridized carbons (Fsp3) is 0.364. The van der Waals surface area contributed by atoms with Crippen molar-refractivity contribution in [2.75, 3.05) is 12.4 Å². The van der Waals surface area contributed by atoms with Crippen LogP contribution in [-0.4, -0.2) is 30.8 Å². The molecule has 0 unspecified atom stereocenters. The Bertz CT molecular complexity index is 874. The number of nitrogens with one attached hydrogen (secondary N) is 2. The van der Waals surface area contributed by atoms with E-state index in [1.807, 2.05) is 19.1 Å². The van der Waals surface area contributed by atoms with E-state index in [1.165, 1.54) is 0 Å². The van der Waals surface area contributed by atoms with Gasteiger partial charge >= 0.3 is 6.09 Å². The molecule has 0 fully saturated rings. The van der Waals surface area contributed by atoms with E-state index in [4.69, 9.17) is 14.2 Å². The molecule has 7 nitrogen and oxygen atoms in total. The number of rotatable bonds is 6. The summed E-state index contributed by atoms with van der Waals surface area (Å²) in [5.41, 5.74) is 0.821. The first-order valence-electron chi connectivity index (χ1n) is 9.30. The topological polar surface area (TPSA) is 85.9 Å². The third kappa shape index (κ3) is 7.03. The molecule has 0 radical (unpaired) electrons. The minimum Gasteiger partial charge on any atom is -0.497 e. The first kappa shape index (κ1) is 22.1. The zero-order chi connectivity index (χ0) is 21.6. The second-order valence-electron chi connectivity index (χ2n) is 7.64. The highest BCUT2D eigenvalue weighted by atomic mass is 16.6. The van der Waals surface area contributed by atoms with Crippen molar-refractivity contribution in [2.45, 2.75) is 46.3 Å². The summed E-state index contributed by atoms with van der Waals surface area (Å²) in [6, 6.07) is 11.8. The lowest BCUT2D eigenvalue weighted by atomic mass is 10.2. The Morgan fingerprint density at radius 3 is 2.34 bits per heavy atom. The van der Waals surface area contributed by atoms with Gasteiger partial charge in [0.25, 0.3) is 0 Å². The zero-order valence-electron chi connectivity index (χ0n) is 17.7. The van der Waals surface area contributed by atoms with Gasteiger partial charge in [0.15, 0.2) is 5.75 Å². The number of benzene rings is 2. The number of para-hydroxylation sites is 2. The molecule has 0 aliphatic carbocycles. The average Bonchev–Trinajstić information content (AvgIpc) is 2.61. The fourth-order valence-corrected chi connectivity index (χ4v) is 2.47. The first-order valence-corrected chi connectivity index (χ1v) is 9.30. The zero-order valence-corrected chi connectivity index (χ0v) is 17.7. The van der Waals surface area contributed by atoms with E-state index in [0.29, 0.717) is 22.9 Å². The molecule has 1 atom stereocenters.